The Kier molecular flexibility index (Phi) is 5.01. The molecular formula is C12H13NO7. The van der Waals surface area contributed by atoms with Crippen molar-refractivity contribution in [3.05, 3.63) is 33.9 Å². The highest BCUT2D eigenvalue weighted by Crippen LogP contribution is 2.26. The Morgan fingerprint density at radius 1 is 1.40 bits per heavy atom. The minimum absolute atomic E-state index is 0.200. The average molecular weight is 283 g/mol. The lowest BCUT2D eigenvalue weighted by Crippen LogP contribution is -2.27. The Bertz CT molecular complexity index is 541. The van der Waals surface area contributed by atoms with Crippen LogP contribution in [0.2, 0.25) is 0 Å². The maximum atomic E-state index is 11.1. The number of nitro groups is 1. The molecule has 2 N–H and O–H groups in total. The Labute approximate surface area is 113 Å². The average Bonchev–Trinajstić information content (AvgIpc) is 2.37. The summed E-state index contributed by atoms with van der Waals surface area (Å²) in [6, 6.07) is 2.99. The standard InChI is InChI=1S/C12H13NO7/c1-2-3-10(12(16)17)20-9-5-4-7(13(18)19)6-8(9)11(14)15/h4-6,10H,2-3H2,1H3,(H,14,15)(H,16,17). The molecule has 0 bridgehead atoms. The Balaban J connectivity index is 3.13. The topological polar surface area (TPSA) is 127 Å². The summed E-state index contributed by atoms with van der Waals surface area (Å²) in [5.74, 6) is -2.85. The van der Waals surface area contributed by atoms with Crippen molar-refractivity contribution in [1.82, 2.24) is 0 Å². The van der Waals surface area contributed by atoms with Crippen molar-refractivity contribution in [2.45, 2.75) is 25.9 Å². The summed E-state index contributed by atoms with van der Waals surface area (Å²) in [4.78, 5) is 31.9. The molecule has 108 valence electrons. The molecule has 20 heavy (non-hydrogen) atoms. The van der Waals surface area contributed by atoms with Crippen LogP contribution >= 0.6 is 0 Å². The van der Waals surface area contributed by atoms with Gasteiger partial charge in [0.25, 0.3) is 5.69 Å². The third-order valence-electron chi connectivity index (χ3n) is 2.50. The summed E-state index contributed by atoms with van der Waals surface area (Å²) in [6.45, 7) is 1.76. The smallest absolute Gasteiger partial charge is 0.344 e. The van der Waals surface area contributed by atoms with E-state index in [1.807, 2.05) is 0 Å². The minimum Gasteiger partial charge on any atom is -0.479 e. The van der Waals surface area contributed by atoms with Gasteiger partial charge in [0.15, 0.2) is 6.10 Å². The quantitative estimate of drug-likeness (QED) is 0.578. The molecule has 0 radical (unpaired) electrons. The number of carbonyl (C=O) groups is 2. The van der Waals surface area contributed by atoms with Crippen LogP contribution in [0.3, 0.4) is 0 Å². The zero-order chi connectivity index (χ0) is 15.3. The van der Waals surface area contributed by atoms with E-state index >= 15 is 0 Å². The van der Waals surface area contributed by atoms with Crippen LogP contribution in [0.4, 0.5) is 5.69 Å². The van der Waals surface area contributed by atoms with Gasteiger partial charge in [-0.2, -0.15) is 0 Å². The number of carboxylic acids is 2. The first-order valence-corrected chi connectivity index (χ1v) is 5.78. The summed E-state index contributed by atoms with van der Waals surface area (Å²) in [7, 11) is 0. The molecule has 1 unspecified atom stereocenters. The van der Waals surface area contributed by atoms with Gasteiger partial charge in [0.1, 0.15) is 11.3 Å². The van der Waals surface area contributed by atoms with Crippen molar-refractivity contribution < 1.29 is 29.5 Å². The number of rotatable bonds is 7. The van der Waals surface area contributed by atoms with Gasteiger partial charge >= 0.3 is 11.9 Å². The van der Waals surface area contributed by atoms with Gasteiger partial charge < -0.3 is 14.9 Å². The number of nitro benzene ring substituents is 1. The van der Waals surface area contributed by atoms with Crippen molar-refractivity contribution in [2.24, 2.45) is 0 Å². The summed E-state index contributed by atoms with van der Waals surface area (Å²) in [5.41, 5.74) is -0.848. The molecule has 1 aromatic carbocycles. The van der Waals surface area contributed by atoms with Crippen molar-refractivity contribution >= 4 is 17.6 Å². The number of nitrogens with zero attached hydrogens (tertiary/aromatic N) is 1. The molecule has 0 aliphatic carbocycles. The summed E-state index contributed by atoms with van der Waals surface area (Å²) in [5, 5.41) is 28.6. The van der Waals surface area contributed by atoms with E-state index in [4.69, 9.17) is 14.9 Å². The molecule has 1 rings (SSSR count). The van der Waals surface area contributed by atoms with E-state index in [1.165, 1.54) is 0 Å². The van der Waals surface area contributed by atoms with Crippen molar-refractivity contribution in [1.29, 1.82) is 0 Å². The van der Waals surface area contributed by atoms with Crippen LogP contribution in [0, 0.1) is 10.1 Å². The van der Waals surface area contributed by atoms with E-state index in [0.717, 1.165) is 18.2 Å². The normalized spacial score (nSPS) is 11.7. The Morgan fingerprint density at radius 2 is 2.05 bits per heavy atom. The number of carboxylic acid groups (broad SMARTS) is 2. The highest BCUT2D eigenvalue weighted by atomic mass is 16.6. The molecular weight excluding hydrogens is 270 g/mol. The fourth-order valence-corrected chi connectivity index (χ4v) is 1.55. The molecule has 0 aromatic heterocycles. The van der Waals surface area contributed by atoms with Gasteiger partial charge in [0, 0.05) is 12.1 Å². The zero-order valence-corrected chi connectivity index (χ0v) is 10.6. The molecule has 0 spiro atoms. The van der Waals surface area contributed by atoms with Gasteiger partial charge in [0.05, 0.1) is 4.92 Å². The molecule has 0 saturated carbocycles. The molecule has 0 aliphatic rings. The number of aliphatic carboxylic acids is 1. The number of ether oxygens (including phenoxy) is 1. The molecule has 0 aliphatic heterocycles. The third kappa shape index (κ3) is 3.67. The maximum absolute atomic E-state index is 11.1. The van der Waals surface area contributed by atoms with Gasteiger partial charge in [-0.1, -0.05) is 13.3 Å². The molecule has 0 fully saturated rings. The molecule has 8 nitrogen and oxygen atoms in total. The SMILES string of the molecule is CCCC(Oc1ccc([N+](=O)[O-])cc1C(=O)O)C(=O)O. The second kappa shape index (κ2) is 6.50. The number of aromatic carboxylic acids is 1. The monoisotopic (exact) mass is 283 g/mol. The molecule has 8 heteroatoms. The molecule has 1 atom stereocenters. The van der Waals surface area contributed by atoms with Crippen LogP contribution in [0.5, 0.6) is 5.75 Å². The van der Waals surface area contributed by atoms with Gasteiger partial charge in [-0.05, 0) is 12.5 Å². The van der Waals surface area contributed by atoms with E-state index in [2.05, 4.69) is 0 Å². The summed E-state index contributed by atoms with van der Waals surface area (Å²) < 4.78 is 5.14. The largest absolute Gasteiger partial charge is 0.479 e. The van der Waals surface area contributed by atoms with Crippen LogP contribution in [-0.2, 0) is 4.79 Å². The third-order valence-corrected chi connectivity index (χ3v) is 2.50. The van der Waals surface area contributed by atoms with Crippen LogP contribution in [0.25, 0.3) is 0 Å². The number of hydrogen-bond acceptors (Lipinski definition) is 5. The van der Waals surface area contributed by atoms with Crippen molar-refractivity contribution in [3.63, 3.8) is 0 Å². The zero-order valence-electron chi connectivity index (χ0n) is 10.6. The first-order valence-electron chi connectivity index (χ1n) is 5.78. The van der Waals surface area contributed by atoms with Crippen LogP contribution in [0.1, 0.15) is 30.1 Å². The second-order valence-electron chi connectivity index (χ2n) is 3.98. The van der Waals surface area contributed by atoms with Crippen LogP contribution in [0.15, 0.2) is 18.2 Å². The fourth-order valence-electron chi connectivity index (χ4n) is 1.55. The number of non-ortho nitro benzene ring substituents is 1. The highest BCUT2D eigenvalue weighted by Gasteiger charge is 2.23. The van der Waals surface area contributed by atoms with E-state index in [0.29, 0.717) is 6.42 Å². The molecule has 0 heterocycles. The lowest BCUT2D eigenvalue weighted by Gasteiger charge is -2.15. The first-order chi connectivity index (χ1) is 9.36. The Morgan fingerprint density at radius 3 is 2.50 bits per heavy atom. The van der Waals surface area contributed by atoms with Crippen molar-refractivity contribution in [3.8, 4) is 5.75 Å². The predicted octanol–water partition coefficient (Wildman–Crippen LogP) is 1.93. The van der Waals surface area contributed by atoms with Gasteiger partial charge in [-0.15, -0.1) is 0 Å². The number of benzene rings is 1. The highest BCUT2D eigenvalue weighted by molar-refractivity contribution is 5.92. The van der Waals surface area contributed by atoms with Crippen LogP contribution in [-0.4, -0.2) is 33.2 Å². The van der Waals surface area contributed by atoms with E-state index in [9.17, 15) is 19.7 Å². The fraction of sp³-hybridized carbons (Fsp3) is 0.333. The lowest BCUT2D eigenvalue weighted by atomic mass is 10.1. The molecule has 1 aromatic rings. The lowest BCUT2D eigenvalue weighted by molar-refractivity contribution is -0.384. The second-order valence-corrected chi connectivity index (χ2v) is 3.98. The van der Waals surface area contributed by atoms with Crippen LogP contribution < -0.4 is 4.74 Å². The van der Waals surface area contributed by atoms with Gasteiger partial charge in [0.2, 0.25) is 0 Å². The minimum atomic E-state index is -1.43. The Hall–Kier alpha value is -2.64. The summed E-state index contributed by atoms with van der Waals surface area (Å²) >= 11 is 0. The predicted molar refractivity (Wildman–Crippen MR) is 67.0 cm³/mol. The van der Waals surface area contributed by atoms with Gasteiger partial charge in [-0.25, -0.2) is 9.59 Å². The van der Waals surface area contributed by atoms with Crippen molar-refractivity contribution in [2.75, 3.05) is 0 Å². The summed E-state index contributed by atoms with van der Waals surface area (Å²) in [6.07, 6.45) is -0.461. The maximum Gasteiger partial charge on any atom is 0.344 e. The number of hydrogen-bond donors (Lipinski definition) is 2. The molecule has 0 saturated heterocycles. The first kappa shape index (κ1) is 15.4. The van der Waals surface area contributed by atoms with E-state index in [-0.39, 0.29) is 12.2 Å². The van der Waals surface area contributed by atoms with Gasteiger partial charge in [-0.3, -0.25) is 10.1 Å². The van der Waals surface area contributed by atoms with E-state index < -0.39 is 34.2 Å². The van der Waals surface area contributed by atoms with E-state index in [1.54, 1.807) is 6.92 Å². The molecule has 0 amide bonds.